The number of benzene rings is 3. The standard InChI is InChI=1S/C35H37FN4O/c1-4-26-21-31(27-9-6-5-7-10-27)34(28-13-15-30(36)16-14-28)38-40-18-8-11-29(35(26)40)19-25-12-17-32(33(20-25)41-3)39-22-24(2)37-23-39/h5-7,9-10,12-17,19-20,22-23,31,34,38H,4,8,11,18,21H2,1-3H3. The van der Waals surface area contributed by atoms with Crippen LogP contribution < -0.4 is 10.2 Å². The van der Waals surface area contributed by atoms with E-state index >= 15 is 0 Å². The summed E-state index contributed by atoms with van der Waals surface area (Å²) in [6.07, 6.45) is 10.1. The number of allylic oxidation sites excluding steroid dienone is 2. The van der Waals surface area contributed by atoms with Crippen molar-refractivity contribution in [3.05, 3.63) is 130 Å². The molecule has 0 radical (unpaired) electrons. The van der Waals surface area contributed by atoms with E-state index in [4.69, 9.17) is 4.74 Å². The Morgan fingerprint density at radius 1 is 1.05 bits per heavy atom. The van der Waals surface area contributed by atoms with Crippen LogP contribution in [0.3, 0.4) is 0 Å². The van der Waals surface area contributed by atoms with Gasteiger partial charge in [-0.15, -0.1) is 0 Å². The predicted octanol–water partition coefficient (Wildman–Crippen LogP) is 7.91. The molecule has 0 spiro atoms. The summed E-state index contributed by atoms with van der Waals surface area (Å²) in [4.78, 5) is 4.37. The second kappa shape index (κ2) is 11.8. The van der Waals surface area contributed by atoms with Gasteiger partial charge in [-0.2, -0.15) is 0 Å². The van der Waals surface area contributed by atoms with Crippen molar-refractivity contribution >= 4 is 6.08 Å². The van der Waals surface area contributed by atoms with Crippen molar-refractivity contribution < 1.29 is 9.13 Å². The molecule has 0 aliphatic carbocycles. The van der Waals surface area contributed by atoms with E-state index in [2.05, 4.69) is 76.9 Å². The van der Waals surface area contributed by atoms with E-state index < -0.39 is 0 Å². The van der Waals surface area contributed by atoms with Crippen LogP contribution in [-0.2, 0) is 0 Å². The fourth-order valence-electron chi connectivity index (χ4n) is 6.31. The Bertz CT molecular complexity index is 1570. The minimum absolute atomic E-state index is 0.0226. The van der Waals surface area contributed by atoms with Crippen molar-refractivity contribution in [3.63, 3.8) is 0 Å². The number of ether oxygens (including phenoxy) is 1. The van der Waals surface area contributed by atoms with E-state index in [1.807, 2.05) is 36.1 Å². The van der Waals surface area contributed by atoms with Gasteiger partial charge in [0.2, 0.25) is 0 Å². The number of hydrogen-bond donors (Lipinski definition) is 1. The molecule has 2 unspecified atom stereocenters. The van der Waals surface area contributed by atoms with E-state index in [1.54, 1.807) is 19.2 Å². The lowest BCUT2D eigenvalue weighted by Gasteiger charge is -2.37. The Kier molecular flexibility index (Phi) is 7.75. The first kappa shape index (κ1) is 27.0. The summed E-state index contributed by atoms with van der Waals surface area (Å²) in [5.74, 6) is 0.821. The second-order valence-corrected chi connectivity index (χ2v) is 11.0. The fraction of sp³-hybridized carbons (Fsp3) is 0.286. The van der Waals surface area contributed by atoms with Crippen LogP contribution in [0.1, 0.15) is 67.0 Å². The molecule has 2 aliphatic rings. The highest BCUT2D eigenvalue weighted by Crippen LogP contribution is 2.44. The van der Waals surface area contributed by atoms with E-state index in [-0.39, 0.29) is 17.8 Å². The first-order valence-electron chi connectivity index (χ1n) is 14.5. The average molecular weight is 549 g/mol. The van der Waals surface area contributed by atoms with E-state index in [0.29, 0.717) is 0 Å². The molecule has 0 amide bonds. The molecule has 1 N–H and O–H groups in total. The molecule has 2 aliphatic heterocycles. The van der Waals surface area contributed by atoms with Crippen LogP contribution in [0.25, 0.3) is 11.8 Å². The summed E-state index contributed by atoms with van der Waals surface area (Å²) in [6, 6.07) is 24.1. The van der Waals surface area contributed by atoms with Crippen molar-refractivity contribution in [2.75, 3.05) is 13.7 Å². The minimum Gasteiger partial charge on any atom is -0.495 e. The van der Waals surface area contributed by atoms with E-state index in [0.717, 1.165) is 60.5 Å². The van der Waals surface area contributed by atoms with Gasteiger partial charge in [0, 0.05) is 18.7 Å². The molecular weight excluding hydrogens is 511 g/mol. The summed E-state index contributed by atoms with van der Waals surface area (Å²) in [5.41, 5.74) is 13.4. The highest BCUT2D eigenvalue weighted by Gasteiger charge is 2.35. The SMILES string of the molecule is CCC1=C2C(=Cc3ccc(-n4cnc(C)c4)c(OC)c3)CCCN2NC(c2ccc(F)cc2)C(c2ccccc2)C1. The maximum absolute atomic E-state index is 13.9. The Morgan fingerprint density at radius 2 is 1.85 bits per heavy atom. The summed E-state index contributed by atoms with van der Waals surface area (Å²) in [5, 5.41) is 2.37. The fourth-order valence-corrected chi connectivity index (χ4v) is 6.31. The van der Waals surface area contributed by atoms with Crippen molar-refractivity contribution in [1.82, 2.24) is 20.0 Å². The number of aromatic nitrogens is 2. The number of halogens is 1. The van der Waals surface area contributed by atoms with Gasteiger partial charge in [-0.25, -0.2) is 14.8 Å². The molecule has 1 aromatic heterocycles. The zero-order valence-corrected chi connectivity index (χ0v) is 24.0. The number of nitrogens with zero attached hydrogens (tertiary/aromatic N) is 3. The summed E-state index contributed by atoms with van der Waals surface area (Å²) in [7, 11) is 1.72. The van der Waals surface area contributed by atoms with Gasteiger partial charge in [0.1, 0.15) is 11.6 Å². The Balaban J connectivity index is 1.41. The topological polar surface area (TPSA) is 42.3 Å². The number of fused-ring (bicyclic) bond motifs is 1. The third kappa shape index (κ3) is 5.57. The monoisotopic (exact) mass is 548 g/mol. The van der Waals surface area contributed by atoms with Crippen molar-refractivity contribution in [1.29, 1.82) is 0 Å². The van der Waals surface area contributed by atoms with Crippen molar-refractivity contribution in [3.8, 4) is 11.4 Å². The number of hydrogen-bond acceptors (Lipinski definition) is 4. The van der Waals surface area contributed by atoms with Gasteiger partial charge in [-0.3, -0.25) is 0 Å². The third-order valence-corrected chi connectivity index (χ3v) is 8.32. The molecule has 2 atom stereocenters. The van der Waals surface area contributed by atoms with Crippen LogP contribution in [0.15, 0.2) is 102 Å². The van der Waals surface area contributed by atoms with Crippen LogP contribution in [-0.4, -0.2) is 28.2 Å². The second-order valence-electron chi connectivity index (χ2n) is 11.0. The number of imidazole rings is 1. The van der Waals surface area contributed by atoms with E-state index in [1.165, 1.54) is 22.4 Å². The van der Waals surface area contributed by atoms with E-state index in [9.17, 15) is 4.39 Å². The zero-order chi connectivity index (χ0) is 28.3. The molecule has 0 saturated carbocycles. The quantitative estimate of drug-likeness (QED) is 0.266. The molecule has 41 heavy (non-hydrogen) atoms. The minimum atomic E-state index is -0.209. The number of piperidine rings is 1. The number of aryl methyl sites for hydroxylation is 1. The molecule has 3 heterocycles. The van der Waals surface area contributed by atoms with Crippen LogP contribution in [0.5, 0.6) is 5.75 Å². The summed E-state index contributed by atoms with van der Waals surface area (Å²) >= 11 is 0. The van der Waals surface area contributed by atoms with Crippen LogP contribution in [0.2, 0.25) is 0 Å². The molecular formula is C35H37FN4O. The Morgan fingerprint density at radius 3 is 2.56 bits per heavy atom. The highest BCUT2D eigenvalue weighted by atomic mass is 19.1. The average Bonchev–Trinajstić information content (AvgIpc) is 3.35. The van der Waals surface area contributed by atoms with Gasteiger partial charge < -0.3 is 14.3 Å². The lowest BCUT2D eigenvalue weighted by molar-refractivity contribution is 0.189. The summed E-state index contributed by atoms with van der Waals surface area (Å²) in [6.45, 7) is 5.18. The van der Waals surface area contributed by atoms with Gasteiger partial charge in [0.25, 0.3) is 0 Å². The van der Waals surface area contributed by atoms with Gasteiger partial charge in [0.05, 0.1) is 36.6 Å². The Hall–Kier alpha value is -4.16. The normalized spacial score (nSPS) is 20.2. The molecule has 210 valence electrons. The van der Waals surface area contributed by atoms with Crippen molar-refractivity contribution in [2.45, 2.75) is 51.5 Å². The maximum atomic E-state index is 13.9. The lowest BCUT2D eigenvalue weighted by Crippen LogP contribution is -2.43. The first-order chi connectivity index (χ1) is 20.0. The molecule has 5 nitrogen and oxygen atoms in total. The predicted molar refractivity (Wildman–Crippen MR) is 162 cm³/mol. The first-order valence-corrected chi connectivity index (χ1v) is 14.5. The number of nitrogens with one attached hydrogen (secondary N) is 1. The smallest absolute Gasteiger partial charge is 0.143 e. The lowest BCUT2D eigenvalue weighted by atomic mass is 9.81. The number of methoxy groups -OCH3 is 1. The number of hydrazine groups is 1. The highest BCUT2D eigenvalue weighted by molar-refractivity contribution is 5.64. The Labute approximate surface area is 242 Å². The molecule has 6 heteroatoms. The molecule has 4 aromatic rings. The number of rotatable bonds is 6. The van der Waals surface area contributed by atoms with Crippen LogP contribution >= 0.6 is 0 Å². The van der Waals surface area contributed by atoms with Gasteiger partial charge in [-0.1, -0.05) is 55.5 Å². The zero-order valence-electron chi connectivity index (χ0n) is 24.0. The third-order valence-electron chi connectivity index (χ3n) is 8.32. The molecule has 0 bridgehead atoms. The van der Waals surface area contributed by atoms with Gasteiger partial charge >= 0.3 is 0 Å². The molecule has 1 fully saturated rings. The maximum Gasteiger partial charge on any atom is 0.143 e. The van der Waals surface area contributed by atoms with Crippen LogP contribution in [0.4, 0.5) is 4.39 Å². The van der Waals surface area contributed by atoms with Crippen LogP contribution in [0, 0.1) is 12.7 Å². The van der Waals surface area contributed by atoms with Crippen molar-refractivity contribution in [2.24, 2.45) is 0 Å². The molecule has 6 rings (SSSR count). The molecule has 1 saturated heterocycles. The van der Waals surface area contributed by atoms with Gasteiger partial charge in [0.15, 0.2) is 0 Å². The molecule has 3 aromatic carbocycles. The summed E-state index contributed by atoms with van der Waals surface area (Å²) < 4.78 is 21.7. The largest absolute Gasteiger partial charge is 0.495 e. The van der Waals surface area contributed by atoms with Gasteiger partial charge in [-0.05, 0) is 90.8 Å².